The molecule has 0 saturated carbocycles. The molecular weight excluding hydrogens is 256 g/mol. The van der Waals surface area contributed by atoms with Crippen LogP contribution < -0.4 is 4.72 Å². The van der Waals surface area contributed by atoms with Crippen LogP contribution in [0.2, 0.25) is 0 Å². The minimum atomic E-state index is -3.64. The fraction of sp³-hybridized carbons (Fsp3) is 0.909. The Labute approximate surface area is 109 Å². The zero-order valence-electron chi connectivity index (χ0n) is 11.2. The van der Waals surface area contributed by atoms with Crippen molar-refractivity contribution in [3.63, 3.8) is 0 Å². The van der Waals surface area contributed by atoms with E-state index in [2.05, 4.69) is 9.46 Å². The number of esters is 1. The Morgan fingerprint density at radius 2 is 1.67 bits per heavy atom. The predicted molar refractivity (Wildman–Crippen MR) is 68.2 cm³/mol. The lowest BCUT2D eigenvalue weighted by atomic mass is 10.1. The molecule has 18 heavy (non-hydrogen) atoms. The van der Waals surface area contributed by atoms with Crippen LogP contribution in [0.5, 0.6) is 0 Å². The molecule has 7 heteroatoms. The van der Waals surface area contributed by atoms with Crippen LogP contribution >= 0.6 is 0 Å². The third-order valence-electron chi connectivity index (χ3n) is 2.98. The molecule has 0 unspecified atom stereocenters. The fourth-order valence-corrected chi connectivity index (χ4v) is 3.56. The van der Waals surface area contributed by atoms with Crippen molar-refractivity contribution in [2.75, 3.05) is 20.2 Å². The van der Waals surface area contributed by atoms with Crippen LogP contribution in [0.3, 0.4) is 0 Å². The van der Waals surface area contributed by atoms with E-state index in [0.717, 1.165) is 25.7 Å². The minimum absolute atomic E-state index is 0.507. The van der Waals surface area contributed by atoms with Gasteiger partial charge in [0.15, 0.2) is 0 Å². The fourth-order valence-electron chi connectivity index (χ4n) is 1.97. The molecule has 1 fully saturated rings. The van der Waals surface area contributed by atoms with Crippen LogP contribution in [-0.2, 0) is 19.7 Å². The quantitative estimate of drug-likeness (QED) is 0.766. The number of hydrogen-bond donors (Lipinski definition) is 1. The van der Waals surface area contributed by atoms with Crippen molar-refractivity contribution >= 4 is 16.2 Å². The summed E-state index contributed by atoms with van der Waals surface area (Å²) in [5.74, 6) is -0.596. The van der Waals surface area contributed by atoms with Gasteiger partial charge in [-0.15, -0.1) is 0 Å². The number of nitrogens with zero attached hydrogens (tertiary/aromatic N) is 1. The lowest BCUT2D eigenvalue weighted by Crippen LogP contribution is -2.55. The zero-order chi connectivity index (χ0) is 13.8. The molecule has 1 N–H and O–H groups in total. The highest BCUT2D eigenvalue weighted by molar-refractivity contribution is 7.87. The maximum Gasteiger partial charge on any atom is 0.326 e. The van der Waals surface area contributed by atoms with Crippen molar-refractivity contribution in [2.45, 2.75) is 45.1 Å². The summed E-state index contributed by atoms with van der Waals surface area (Å²) in [6, 6.07) is 0. The Morgan fingerprint density at radius 1 is 1.17 bits per heavy atom. The molecule has 106 valence electrons. The SMILES string of the molecule is COC(=O)C(C)(C)NS(=O)(=O)N1CCCCCC1. The van der Waals surface area contributed by atoms with Crippen molar-refractivity contribution in [2.24, 2.45) is 0 Å². The molecule has 1 saturated heterocycles. The summed E-state index contributed by atoms with van der Waals surface area (Å²) in [5, 5.41) is 0. The smallest absolute Gasteiger partial charge is 0.326 e. The van der Waals surface area contributed by atoms with Crippen molar-refractivity contribution < 1.29 is 17.9 Å². The first-order valence-electron chi connectivity index (χ1n) is 6.17. The van der Waals surface area contributed by atoms with E-state index in [0.29, 0.717) is 13.1 Å². The van der Waals surface area contributed by atoms with Crippen molar-refractivity contribution in [1.82, 2.24) is 9.03 Å². The van der Waals surface area contributed by atoms with Gasteiger partial charge < -0.3 is 4.74 Å². The van der Waals surface area contributed by atoms with Gasteiger partial charge in [0.1, 0.15) is 5.54 Å². The first-order chi connectivity index (χ1) is 8.29. The number of nitrogens with one attached hydrogen (secondary N) is 1. The van der Waals surface area contributed by atoms with E-state index in [-0.39, 0.29) is 0 Å². The molecule has 0 aromatic rings. The van der Waals surface area contributed by atoms with Crippen LogP contribution in [0.4, 0.5) is 0 Å². The van der Waals surface area contributed by atoms with Gasteiger partial charge >= 0.3 is 5.97 Å². The molecule has 0 radical (unpaired) electrons. The van der Waals surface area contributed by atoms with E-state index in [1.165, 1.54) is 25.3 Å². The van der Waals surface area contributed by atoms with E-state index in [1.54, 1.807) is 0 Å². The summed E-state index contributed by atoms with van der Waals surface area (Å²) in [6.45, 7) is 4.00. The van der Waals surface area contributed by atoms with E-state index < -0.39 is 21.7 Å². The largest absolute Gasteiger partial charge is 0.468 e. The molecule has 0 atom stereocenters. The summed E-state index contributed by atoms with van der Waals surface area (Å²) < 4.78 is 32.8. The van der Waals surface area contributed by atoms with Gasteiger partial charge in [-0.3, -0.25) is 4.79 Å². The van der Waals surface area contributed by atoms with Gasteiger partial charge in [-0.1, -0.05) is 12.8 Å². The minimum Gasteiger partial charge on any atom is -0.468 e. The average molecular weight is 278 g/mol. The first-order valence-corrected chi connectivity index (χ1v) is 7.61. The average Bonchev–Trinajstić information content (AvgIpc) is 2.55. The first kappa shape index (κ1) is 15.4. The van der Waals surface area contributed by atoms with E-state index in [9.17, 15) is 13.2 Å². The topological polar surface area (TPSA) is 75.7 Å². The van der Waals surface area contributed by atoms with E-state index in [1.807, 2.05) is 0 Å². The van der Waals surface area contributed by atoms with Gasteiger partial charge in [-0.2, -0.15) is 17.4 Å². The van der Waals surface area contributed by atoms with Crippen molar-refractivity contribution in [3.8, 4) is 0 Å². The van der Waals surface area contributed by atoms with Gasteiger partial charge in [0, 0.05) is 13.1 Å². The van der Waals surface area contributed by atoms with Gasteiger partial charge in [-0.05, 0) is 26.7 Å². The molecule has 0 aromatic heterocycles. The predicted octanol–water partition coefficient (Wildman–Crippen LogP) is 0.648. The molecule has 1 rings (SSSR count). The maximum absolute atomic E-state index is 12.2. The monoisotopic (exact) mass is 278 g/mol. The molecule has 6 nitrogen and oxygen atoms in total. The molecule has 1 aliphatic rings. The third kappa shape index (κ3) is 3.93. The van der Waals surface area contributed by atoms with E-state index in [4.69, 9.17) is 0 Å². The second-order valence-corrected chi connectivity index (χ2v) is 6.71. The third-order valence-corrected chi connectivity index (χ3v) is 4.80. The Balaban J connectivity index is 2.77. The lowest BCUT2D eigenvalue weighted by molar-refractivity contribution is -0.146. The molecule has 1 heterocycles. The Bertz CT molecular complexity index is 384. The normalized spacial score (nSPS) is 19.3. The number of rotatable bonds is 4. The zero-order valence-corrected chi connectivity index (χ0v) is 12.0. The number of carbonyl (C=O) groups excluding carboxylic acids is 1. The Kier molecular flexibility index (Phi) is 5.12. The number of methoxy groups -OCH3 is 1. The number of ether oxygens (including phenoxy) is 1. The molecule has 0 spiro atoms. The van der Waals surface area contributed by atoms with Crippen LogP contribution in [0.15, 0.2) is 0 Å². The van der Waals surface area contributed by atoms with E-state index >= 15 is 0 Å². The molecule has 0 bridgehead atoms. The molecule has 1 aliphatic heterocycles. The van der Waals surface area contributed by atoms with Crippen molar-refractivity contribution in [1.29, 1.82) is 0 Å². The standard InChI is InChI=1S/C11H22N2O4S/c1-11(2,10(14)17-3)12-18(15,16)13-8-6-4-5-7-9-13/h12H,4-9H2,1-3H3. The summed E-state index contributed by atoms with van der Waals surface area (Å²) >= 11 is 0. The molecule has 0 amide bonds. The van der Waals surface area contributed by atoms with Crippen LogP contribution in [0, 0.1) is 0 Å². The Hall–Kier alpha value is -0.660. The van der Waals surface area contributed by atoms with Gasteiger partial charge in [0.2, 0.25) is 0 Å². The summed E-state index contributed by atoms with van der Waals surface area (Å²) in [4.78, 5) is 11.5. The molecule has 0 aromatic carbocycles. The van der Waals surface area contributed by atoms with Crippen molar-refractivity contribution in [3.05, 3.63) is 0 Å². The second-order valence-electron chi connectivity index (χ2n) is 5.04. The maximum atomic E-state index is 12.2. The second kappa shape index (κ2) is 5.99. The highest BCUT2D eigenvalue weighted by Crippen LogP contribution is 2.15. The Morgan fingerprint density at radius 3 is 2.11 bits per heavy atom. The van der Waals surface area contributed by atoms with Gasteiger partial charge in [0.25, 0.3) is 10.2 Å². The highest BCUT2D eigenvalue weighted by atomic mass is 32.2. The summed E-state index contributed by atoms with van der Waals surface area (Å²) in [5.41, 5.74) is -1.25. The van der Waals surface area contributed by atoms with Crippen LogP contribution in [0.1, 0.15) is 39.5 Å². The van der Waals surface area contributed by atoms with Crippen LogP contribution in [0.25, 0.3) is 0 Å². The summed E-state index contributed by atoms with van der Waals surface area (Å²) in [6.07, 6.45) is 3.82. The van der Waals surface area contributed by atoms with Gasteiger partial charge in [0.05, 0.1) is 7.11 Å². The number of hydrogen-bond acceptors (Lipinski definition) is 4. The number of carbonyl (C=O) groups is 1. The molecular formula is C11H22N2O4S. The molecule has 0 aliphatic carbocycles. The highest BCUT2D eigenvalue weighted by Gasteiger charge is 2.36. The van der Waals surface area contributed by atoms with Crippen LogP contribution in [-0.4, -0.2) is 44.4 Å². The lowest BCUT2D eigenvalue weighted by Gasteiger charge is -2.27. The summed E-state index contributed by atoms with van der Waals surface area (Å²) in [7, 11) is -2.40. The van der Waals surface area contributed by atoms with Gasteiger partial charge in [-0.25, -0.2) is 0 Å².